The van der Waals surface area contributed by atoms with Gasteiger partial charge in [-0.05, 0) is 30.0 Å². The zero-order chi connectivity index (χ0) is 13.3. The number of halogens is 2. The van der Waals surface area contributed by atoms with Crippen molar-refractivity contribution in [2.45, 2.75) is 26.7 Å². The monoisotopic (exact) mass is 283 g/mol. The van der Waals surface area contributed by atoms with Crippen molar-refractivity contribution in [3.63, 3.8) is 0 Å². The molecule has 0 radical (unpaired) electrons. The summed E-state index contributed by atoms with van der Waals surface area (Å²) in [6, 6.07) is 5.26. The number of carbonyl (C=O) groups is 1. The SMILES string of the molecule is CC1(C)CC(=O)C=C(Nc2cc(Cl)cc(Cl)c2)C1. The number of carbonyl (C=O) groups excluding carboxylic acids is 1. The summed E-state index contributed by atoms with van der Waals surface area (Å²) in [6.07, 6.45) is 3.09. The van der Waals surface area contributed by atoms with Crippen LogP contribution in [-0.2, 0) is 4.79 Å². The molecule has 2 nitrogen and oxygen atoms in total. The van der Waals surface area contributed by atoms with Gasteiger partial charge in [-0.2, -0.15) is 0 Å². The quantitative estimate of drug-likeness (QED) is 0.854. The van der Waals surface area contributed by atoms with Crippen molar-refractivity contribution in [1.29, 1.82) is 0 Å². The Balaban J connectivity index is 2.21. The van der Waals surface area contributed by atoms with E-state index in [1.54, 1.807) is 24.3 Å². The second-order valence-corrected chi connectivity index (χ2v) is 6.31. The molecular formula is C14H15Cl2NO. The van der Waals surface area contributed by atoms with E-state index in [0.717, 1.165) is 17.8 Å². The van der Waals surface area contributed by atoms with Crippen LogP contribution in [0.5, 0.6) is 0 Å². The van der Waals surface area contributed by atoms with Gasteiger partial charge < -0.3 is 5.32 Å². The Morgan fingerprint density at radius 1 is 1.11 bits per heavy atom. The second-order valence-electron chi connectivity index (χ2n) is 5.44. The lowest BCUT2D eigenvalue weighted by Gasteiger charge is -2.29. The van der Waals surface area contributed by atoms with E-state index < -0.39 is 0 Å². The molecule has 0 unspecified atom stereocenters. The summed E-state index contributed by atoms with van der Waals surface area (Å²) in [6.45, 7) is 4.18. The minimum Gasteiger partial charge on any atom is -0.359 e. The van der Waals surface area contributed by atoms with Gasteiger partial charge in [-0.1, -0.05) is 37.0 Å². The highest BCUT2D eigenvalue weighted by Gasteiger charge is 2.27. The zero-order valence-electron chi connectivity index (χ0n) is 10.4. The predicted octanol–water partition coefficient (Wildman–Crippen LogP) is 4.68. The number of nitrogens with one attached hydrogen (secondary N) is 1. The molecule has 0 aromatic heterocycles. The average Bonchev–Trinajstić information content (AvgIpc) is 2.10. The smallest absolute Gasteiger partial charge is 0.157 e. The first-order valence-electron chi connectivity index (χ1n) is 5.81. The Hall–Kier alpha value is -0.990. The van der Waals surface area contributed by atoms with E-state index in [1.165, 1.54) is 0 Å². The molecule has 0 saturated heterocycles. The summed E-state index contributed by atoms with van der Waals surface area (Å²) in [4.78, 5) is 11.6. The molecule has 1 aromatic rings. The van der Waals surface area contributed by atoms with Crippen molar-refractivity contribution in [3.8, 4) is 0 Å². The van der Waals surface area contributed by atoms with Crippen molar-refractivity contribution in [2.24, 2.45) is 5.41 Å². The van der Waals surface area contributed by atoms with E-state index in [4.69, 9.17) is 23.2 Å². The van der Waals surface area contributed by atoms with Gasteiger partial charge in [0, 0.05) is 33.9 Å². The first-order valence-corrected chi connectivity index (χ1v) is 6.56. The van der Waals surface area contributed by atoms with Crippen molar-refractivity contribution in [2.75, 3.05) is 5.32 Å². The van der Waals surface area contributed by atoms with Crippen LogP contribution in [0.25, 0.3) is 0 Å². The zero-order valence-corrected chi connectivity index (χ0v) is 11.9. The van der Waals surface area contributed by atoms with Crippen LogP contribution in [0.15, 0.2) is 30.0 Å². The van der Waals surface area contributed by atoms with E-state index in [2.05, 4.69) is 19.2 Å². The Kier molecular flexibility index (Phi) is 3.69. The maximum absolute atomic E-state index is 11.6. The highest BCUT2D eigenvalue weighted by molar-refractivity contribution is 6.35. The molecule has 4 heteroatoms. The van der Waals surface area contributed by atoms with E-state index in [0.29, 0.717) is 16.5 Å². The average molecular weight is 284 g/mol. The number of anilines is 1. The summed E-state index contributed by atoms with van der Waals surface area (Å²) >= 11 is 11.9. The summed E-state index contributed by atoms with van der Waals surface area (Å²) in [7, 11) is 0. The van der Waals surface area contributed by atoms with E-state index in [9.17, 15) is 4.79 Å². The van der Waals surface area contributed by atoms with Crippen LogP contribution < -0.4 is 5.32 Å². The molecule has 1 N–H and O–H groups in total. The van der Waals surface area contributed by atoms with Crippen LogP contribution in [0, 0.1) is 5.41 Å². The first kappa shape index (κ1) is 13.4. The molecule has 1 aliphatic carbocycles. The van der Waals surface area contributed by atoms with Gasteiger partial charge in [-0.3, -0.25) is 4.79 Å². The molecule has 0 atom stereocenters. The van der Waals surface area contributed by atoms with Gasteiger partial charge in [0.25, 0.3) is 0 Å². The van der Waals surface area contributed by atoms with Gasteiger partial charge in [-0.15, -0.1) is 0 Å². The molecule has 0 heterocycles. The van der Waals surface area contributed by atoms with Gasteiger partial charge >= 0.3 is 0 Å². The predicted molar refractivity (Wildman–Crippen MR) is 76.2 cm³/mol. The standard InChI is InChI=1S/C14H15Cl2NO/c1-14(2)7-12(6-13(18)8-14)17-11-4-9(15)3-10(16)5-11/h3-6,17H,7-8H2,1-2H3. The van der Waals surface area contributed by atoms with E-state index >= 15 is 0 Å². The number of rotatable bonds is 2. The normalized spacial score (nSPS) is 18.4. The molecule has 0 bridgehead atoms. The fraction of sp³-hybridized carbons (Fsp3) is 0.357. The second kappa shape index (κ2) is 4.94. The molecule has 2 rings (SSSR count). The number of hydrogen-bond acceptors (Lipinski definition) is 2. The summed E-state index contributed by atoms with van der Waals surface area (Å²) in [5.41, 5.74) is 1.72. The van der Waals surface area contributed by atoms with Crippen LogP contribution >= 0.6 is 23.2 Å². The van der Waals surface area contributed by atoms with Crippen molar-refractivity contribution >= 4 is 34.7 Å². The molecule has 0 aliphatic heterocycles. The maximum Gasteiger partial charge on any atom is 0.157 e. The van der Waals surface area contributed by atoms with Gasteiger partial charge in [0.15, 0.2) is 5.78 Å². The lowest BCUT2D eigenvalue weighted by Crippen LogP contribution is -2.24. The summed E-state index contributed by atoms with van der Waals surface area (Å²) in [5.74, 6) is 0.155. The fourth-order valence-corrected chi connectivity index (χ4v) is 2.76. The first-order chi connectivity index (χ1) is 8.34. The number of hydrogen-bond donors (Lipinski definition) is 1. The van der Waals surface area contributed by atoms with Crippen LogP contribution in [0.1, 0.15) is 26.7 Å². The fourth-order valence-electron chi connectivity index (χ4n) is 2.24. The van der Waals surface area contributed by atoms with Gasteiger partial charge in [0.1, 0.15) is 0 Å². The lowest BCUT2D eigenvalue weighted by molar-refractivity contribution is -0.117. The highest BCUT2D eigenvalue weighted by Crippen LogP contribution is 2.34. The molecule has 1 aromatic carbocycles. The highest BCUT2D eigenvalue weighted by atomic mass is 35.5. The van der Waals surface area contributed by atoms with Crippen molar-refractivity contribution < 1.29 is 4.79 Å². The Morgan fingerprint density at radius 3 is 2.28 bits per heavy atom. The Labute approximate surface area is 117 Å². The van der Waals surface area contributed by atoms with Gasteiger partial charge in [0.05, 0.1) is 0 Å². The maximum atomic E-state index is 11.6. The van der Waals surface area contributed by atoms with Gasteiger partial charge in [0.2, 0.25) is 0 Å². The van der Waals surface area contributed by atoms with Gasteiger partial charge in [-0.25, -0.2) is 0 Å². The van der Waals surface area contributed by atoms with Crippen molar-refractivity contribution in [3.05, 3.63) is 40.0 Å². The summed E-state index contributed by atoms with van der Waals surface area (Å²) in [5, 5.41) is 4.37. The Bertz CT molecular complexity index is 500. The third-order valence-corrected chi connectivity index (χ3v) is 3.26. The topological polar surface area (TPSA) is 29.1 Å². The molecule has 96 valence electrons. The molecule has 0 saturated carbocycles. The van der Waals surface area contributed by atoms with Crippen LogP contribution in [0.3, 0.4) is 0 Å². The van der Waals surface area contributed by atoms with Crippen molar-refractivity contribution in [1.82, 2.24) is 0 Å². The Morgan fingerprint density at radius 2 is 1.72 bits per heavy atom. The number of benzene rings is 1. The number of ketones is 1. The van der Waals surface area contributed by atoms with E-state index in [1.807, 2.05) is 0 Å². The van der Waals surface area contributed by atoms with Crippen LogP contribution in [-0.4, -0.2) is 5.78 Å². The van der Waals surface area contributed by atoms with Crippen LogP contribution in [0.4, 0.5) is 5.69 Å². The lowest BCUT2D eigenvalue weighted by atomic mass is 9.79. The molecular weight excluding hydrogens is 269 g/mol. The minimum atomic E-state index is -0.00344. The minimum absolute atomic E-state index is 0.00344. The summed E-state index contributed by atoms with van der Waals surface area (Å²) < 4.78 is 0. The molecule has 18 heavy (non-hydrogen) atoms. The molecule has 0 fully saturated rings. The molecule has 1 aliphatic rings. The van der Waals surface area contributed by atoms with E-state index in [-0.39, 0.29) is 11.2 Å². The number of allylic oxidation sites excluding steroid dienone is 2. The molecule has 0 amide bonds. The third kappa shape index (κ3) is 3.50. The van der Waals surface area contributed by atoms with Crippen LogP contribution in [0.2, 0.25) is 10.0 Å². The third-order valence-electron chi connectivity index (χ3n) is 2.82. The molecule has 0 spiro atoms. The largest absolute Gasteiger partial charge is 0.359 e.